The lowest BCUT2D eigenvalue weighted by molar-refractivity contribution is 0.199. The smallest absolute Gasteiger partial charge is 0.134 e. The predicted molar refractivity (Wildman–Crippen MR) is 78.3 cm³/mol. The van der Waals surface area contributed by atoms with Gasteiger partial charge in [0.2, 0.25) is 0 Å². The topological polar surface area (TPSA) is 28.4 Å². The van der Waals surface area contributed by atoms with Crippen molar-refractivity contribution in [3.05, 3.63) is 35.6 Å². The number of rotatable bonds is 3. The van der Waals surface area contributed by atoms with E-state index in [1.807, 2.05) is 6.07 Å². The van der Waals surface area contributed by atoms with Crippen molar-refractivity contribution in [2.75, 3.05) is 19.6 Å². The van der Waals surface area contributed by atoms with Crippen LogP contribution in [0.3, 0.4) is 0 Å². The monoisotopic (exact) mass is 258 g/mol. The number of aryl methyl sites for hydroxylation is 1. The summed E-state index contributed by atoms with van der Waals surface area (Å²) in [5.41, 5.74) is 2.41. The van der Waals surface area contributed by atoms with Gasteiger partial charge in [-0.3, -0.25) is 4.90 Å². The van der Waals surface area contributed by atoms with Gasteiger partial charge < -0.3 is 9.73 Å². The van der Waals surface area contributed by atoms with Gasteiger partial charge in [0.15, 0.2) is 0 Å². The molecule has 0 unspecified atom stereocenters. The number of nitrogens with zero attached hydrogens (tertiary/aromatic N) is 1. The van der Waals surface area contributed by atoms with Gasteiger partial charge in [0.05, 0.1) is 0 Å². The van der Waals surface area contributed by atoms with Crippen molar-refractivity contribution in [3.63, 3.8) is 0 Å². The molecular weight excluding hydrogens is 236 g/mol. The zero-order valence-corrected chi connectivity index (χ0v) is 11.8. The Morgan fingerprint density at radius 1 is 1.37 bits per heavy atom. The normalized spacial score (nSPS) is 21.1. The van der Waals surface area contributed by atoms with E-state index in [2.05, 4.69) is 42.3 Å². The van der Waals surface area contributed by atoms with Gasteiger partial charge in [0, 0.05) is 49.6 Å². The van der Waals surface area contributed by atoms with Gasteiger partial charge in [-0.1, -0.05) is 25.1 Å². The van der Waals surface area contributed by atoms with Crippen LogP contribution in [0.2, 0.25) is 0 Å². The largest absolute Gasteiger partial charge is 0.461 e. The number of furan rings is 1. The Balaban J connectivity index is 1.90. The van der Waals surface area contributed by atoms with Crippen LogP contribution in [0.25, 0.3) is 11.0 Å². The maximum absolute atomic E-state index is 5.97. The predicted octanol–water partition coefficient (Wildman–Crippen LogP) is 2.79. The lowest BCUT2D eigenvalue weighted by Gasteiger charge is -2.31. The zero-order chi connectivity index (χ0) is 13.2. The number of hydrogen-bond donors (Lipinski definition) is 1. The highest BCUT2D eigenvalue weighted by atomic mass is 16.3. The van der Waals surface area contributed by atoms with E-state index in [-0.39, 0.29) is 0 Å². The van der Waals surface area contributed by atoms with E-state index < -0.39 is 0 Å². The highest BCUT2D eigenvalue weighted by molar-refractivity contribution is 5.82. The summed E-state index contributed by atoms with van der Waals surface area (Å²) in [4.78, 5) is 2.53. The van der Waals surface area contributed by atoms with Crippen LogP contribution in [0, 0.1) is 0 Å². The molecule has 102 valence electrons. The van der Waals surface area contributed by atoms with Crippen molar-refractivity contribution < 1.29 is 4.42 Å². The van der Waals surface area contributed by atoms with E-state index in [1.54, 1.807) is 0 Å². The third-order valence-corrected chi connectivity index (χ3v) is 3.94. The number of nitrogens with one attached hydrogen (secondary N) is 1. The number of piperazine rings is 1. The van der Waals surface area contributed by atoms with Gasteiger partial charge in [-0.05, 0) is 13.0 Å². The van der Waals surface area contributed by atoms with E-state index in [0.29, 0.717) is 6.04 Å². The lowest BCUT2D eigenvalue weighted by atomic mass is 10.1. The highest BCUT2D eigenvalue weighted by Gasteiger charge is 2.19. The molecule has 0 amide bonds. The van der Waals surface area contributed by atoms with Crippen molar-refractivity contribution in [2.24, 2.45) is 0 Å². The average Bonchev–Trinajstić information content (AvgIpc) is 2.77. The Labute approximate surface area is 114 Å². The summed E-state index contributed by atoms with van der Waals surface area (Å²) in [7, 11) is 0. The van der Waals surface area contributed by atoms with Crippen LogP contribution in [0.5, 0.6) is 0 Å². The molecule has 0 saturated carbocycles. The maximum atomic E-state index is 5.97. The molecule has 1 aliphatic rings. The second-order valence-electron chi connectivity index (χ2n) is 5.44. The van der Waals surface area contributed by atoms with Crippen LogP contribution in [-0.4, -0.2) is 30.6 Å². The number of para-hydroxylation sites is 1. The maximum Gasteiger partial charge on any atom is 0.134 e. The van der Waals surface area contributed by atoms with Gasteiger partial charge in [-0.25, -0.2) is 0 Å². The van der Waals surface area contributed by atoms with Crippen LogP contribution in [-0.2, 0) is 13.0 Å². The molecule has 0 spiro atoms. The van der Waals surface area contributed by atoms with Crippen molar-refractivity contribution >= 4 is 11.0 Å². The summed E-state index contributed by atoms with van der Waals surface area (Å²) < 4.78 is 5.97. The second-order valence-corrected chi connectivity index (χ2v) is 5.44. The summed E-state index contributed by atoms with van der Waals surface area (Å²) in [6, 6.07) is 8.97. The molecule has 0 aliphatic carbocycles. The van der Waals surface area contributed by atoms with Gasteiger partial charge in [0.1, 0.15) is 11.3 Å². The fourth-order valence-electron chi connectivity index (χ4n) is 2.99. The summed E-state index contributed by atoms with van der Waals surface area (Å²) in [6.07, 6.45) is 0.964. The van der Waals surface area contributed by atoms with Crippen molar-refractivity contribution in [2.45, 2.75) is 32.9 Å². The van der Waals surface area contributed by atoms with E-state index in [1.165, 1.54) is 10.9 Å². The number of fused-ring (bicyclic) bond motifs is 1. The zero-order valence-electron chi connectivity index (χ0n) is 11.8. The first-order valence-corrected chi connectivity index (χ1v) is 7.23. The summed E-state index contributed by atoms with van der Waals surface area (Å²) in [6.45, 7) is 8.74. The van der Waals surface area contributed by atoms with Gasteiger partial charge in [0.25, 0.3) is 0 Å². The Bertz CT molecular complexity index is 561. The SMILES string of the molecule is CCc1oc2ccccc2c1CN1CCN[C@@H](C)C1. The first-order chi connectivity index (χ1) is 9.28. The Hall–Kier alpha value is -1.32. The molecule has 0 radical (unpaired) electrons. The average molecular weight is 258 g/mol. The lowest BCUT2D eigenvalue weighted by Crippen LogP contribution is -2.48. The highest BCUT2D eigenvalue weighted by Crippen LogP contribution is 2.27. The molecule has 1 aliphatic heterocycles. The Morgan fingerprint density at radius 2 is 2.21 bits per heavy atom. The molecule has 3 heteroatoms. The molecule has 3 nitrogen and oxygen atoms in total. The minimum atomic E-state index is 0.581. The van der Waals surface area contributed by atoms with Crippen LogP contribution in [0.4, 0.5) is 0 Å². The van der Waals surface area contributed by atoms with Gasteiger partial charge in [-0.15, -0.1) is 0 Å². The molecule has 0 bridgehead atoms. The standard InChI is InChI=1S/C16H22N2O/c1-3-15-14(11-18-9-8-17-12(2)10-18)13-6-4-5-7-16(13)19-15/h4-7,12,17H,3,8-11H2,1-2H3/t12-/m0/s1. The minimum Gasteiger partial charge on any atom is -0.461 e. The van der Waals surface area contributed by atoms with Crippen LogP contribution < -0.4 is 5.32 Å². The fourth-order valence-corrected chi connectivity index (χ4v) is 2.99. The molecule has 1 aromatic heterocycles. The Morgan fingerprint density at radius 3 is 3.00 bits per heavy atom. The summed E-state index contributed by atoms with van der Waals surface area (Å²) in [5.74, 6) is 1.15. The third-order valence-electron chi connectivity index (χ3n) is 3.94. The number of hydrogen-bond acceptors (Lipinski definition) is 3. The van der Waals surface area contributed by atoms with E-state index >= 15 is 0 Å². The van der Waals surface area contributed by atoms with Crippen LogP contribution in [0.1, 0.15) is 25.2 Å². The van der Waals surface area contributed by atoms with Crippen molar-refractivity contribution in [3.8, 4) is 0 Å². The summed E-state index contributed by atoms with van der Waals surface area (Å²) >= 11 is 0. The van der Waals surface area contributed by atoms with E-state index in [0.717, 1.165) is 43.9 Å². The molecule has 3 rings (SSSR count). The molecule has 1 N–H and O–H groups in total. The van der Waals surface area contributed by atoms with Crippen molar-refractivity contribution in [1.82, 2.24) is 10.2 Å². The molecular formula is C16H22N2O. The van der Waals surface area contributed by atoms with Crippen LogP contribution in [0.15, 0.2) is 28.7 Å². The molecule has 1 saturated heterocycles. The fraction of sp³-hybridized carbons (Fsp3) is 0.500. The Kier molecular flexibility index (Phi) is 3.58. The molecule has 19 heavy (non-hydrogen) atoms. The molecule has 1 aromatic carbocycles. The molecule has 2 aromatic rings. The molecule has 2 heterocycles. The quantitative estimate of drug-likeness (QED) is 0.917. The van der Waals surface area contributed by atoms with E-state index in [9.17, 15) is 0 Å². The first-order valence-electron chi connectivity index (χ1n) is 7.23. The van der Waals surface area contributed by atoms with Crippen LogP contribution >= 0.6 is 0 Å². The van der Waals surface area contributed by atoms with Crippen molar-refractivity contribution in [1.29, 1.82) is 0 Å². The minimum absolute atomic E-state index is 0.581. The second kappa shape index (κ2) is 5.35. The first kappa shape index (κ1) is 12.7. The van der Waals surface area contributed by atoms with Gasteiger partial charge >= 0.3 is 0 Å². The van der Waals surface area contributed by atoms with E-state index in [4.69, 9.17) is 4.42 Å². The number of benzene rings is 1. The van der Waals surface area contributed by atoms with Gasteiger partial charge in [-0.2, -0.15) is 0 Å². The molecule has 1 atom stereocenters. The summed E-state index contributed by atoms with van der Waals surface area (Å²) in [5, 5.41) is 4.78. The molecule has 1 fully saturated rings. The third kappa shape index (κ3) is 2.53.